The van der Waals surface area contributed by atoms with Crippen LogP contribution in [0.4, 0.5) is 5.82 Å². The predicted octanol–water partition coefficient (Wildman–Crippen LogP) is 1.91. The number of halogens is 1. The minimum absolute atomic E-state index is 0.161. The summed E-state index contributed by atoms with van der Waals surface area (Å²) < 4.78 is 2.58. The fourth-order valence-corrected chi connectivity index (χ4v) is 2.81. The molecule has 6 nitrogen and oxygen atoms in total. The smallest absolute Gasteiger partial charge is 0.222 e. The molecule has 1 aliphatic heterocycles. The Bertz CT molecular complexity index is 641. The summed E-state index contributed by atoms with van der Waals surface area (Å²) in [5.41, 5.74) is 0.777. The second-order valence-electron chi connectivity index (χ2n) is 5.06. The van der Waals surface area contributed by atoms with E-state index in [1.807, 2.05) is 17.2 Å². The Hall–Kier alpha value is -1.63. The topological polar surface area (TPSA) is 62.5 Å². The molecule has 0 spiro atoms. The van der Waals surface area contributed by atoms with E-state index in [0.717, 1.165) is 28.9 Å². The molecule has 0 radical (unpaired) electrons. The number of carbonyl (C=O) groups is 1. The van der Waals surface area contributed by atoms with Gasteiger partial charge in [-0.3, -0.25) is 4.79 Å². The summed E-state index contributed by atoms with van der Waals surface area (Å²) in [5, 5.41) is 7.49. The van der Waals surface area contributed by atoms with Crippen LogP contribution in [0.25, 0.3) is 5.65 Å². The van der Waals surface area contributed by atoms with Crippen LogP contribution in [0.2, 0.25) is 0 Å². The lowest BCUT2D eigenvalue weighted by Crippen LogP contribution is -2.35. The lowest BCUT2D eigenvalue weighted by atomic mass is 10.3. The lowest BCUT2D eigenvalue weighted by molar-refractivity contribution is -0.127. The van der Waals surface area contributed by atoms with Crippen LogP contribution in [0.3, 0.4) is 0 Å². The molecule has 1 unspecified atom stereocenters. The molecule has 1 saturated heterocycles. The summed E-state index contributed by atoms with van der Waals surface area (Å²) in [7, 11) is 0. The van der Waals surface area contributed by atoms with Gasteiger partial charge in [0.2, 0.25) is 5.91 Å². The van der Waals surface area contributed by atoms with E-state index in [1.54, 1.807) is 10.7 Å². The number of hydrogen-bond donors (Lipinski definition) is 1. The van der Waals surface area contributed by atoms with Crippen LogP contribution in [-0.4, -0.2) is 44.5 Å². The van der Waals surface area contributed by atoms with E-state index >= 15 is 0 Å². The largest absolute Gasteiger partial charge is 0.366 e. The summed E-state index contributed by atoms with van der Waals surface area (Å²) in [6.45, 7) is 3.64. The summed E-state index contributed by atoms with van der Waals surface area (Å²) in [4.78, 5) is 18.0. The van der Waals surface area contributed by atoms with E-state index in [0.29, 0.717) is 13.0 Å². The number of nitrogens with one attached hydrogen (secondary N) is 1. The number of fused-ring (bicyclic) bond motifs is 1. The van der Waals surface area contributed by atoms with Gasteiger partial charge < -0.3 is 10.2 Å². The van der Waals surface area contributed by atoms with Crippen LogP contribution in [0.15, 0.2) is 22.9 Å². The van der Waals surface area contributed by atoms with Gasteiger partial charge in [-0.1, -0.05) is 0 Å². The first-order valence-corrected chi connectivity index (χ1v) is 7.47. The minimum Gasteiger partial charge on any atom is -0.366 e. The van der Waals surface area contributed by atoms with Crippen molar-refractivity contribution in [3.8, 4) is 0 Å². The number of hydrogen-bond acceptors (Lipinski definition) is 4. The normalized spacial score (nSPS) is 16.9. The van der Waals surface area contributed by atoms with Gasteiger partial charge in [-0.05, 0) is 35.3 Å². The molecular weight excluding hydrogens is 322 g/mol. The second-order valence-corrected chi connectivity index (χ2v) is 5.92. The number of anilines is 1. The van der Waals surface area contributed by atoms with Crippen LogP contribution in [0.1, 0.15) is 19.8 Å². The summed E-state index contributed by atoms with van der Waals surface area (Å²) in [5.74, 6) is 1.04. The van der Waals surface area contributed by atoms with Crippen LogP contribution < -0.4 is 5.32 Å². The van der Waals surface area contributed by atoms with Crippen molar-refractivity contribution in [1.82, 2.24) is 19.5 Å². The molecule has 0 aliphatic carbocycles. The SMILES string of the molecule is CC(CN1CCCC1=O)Nc1ccn2ncc(Br)c2n1. The van der Waals surface area contributed by atoms with Crippen molar-refractivity contribution < 1.29 is 4.79 Å². The fraction of sp³-hybridized carbons (Fsp3) is 0.462. The van der Waals surface area contributed by atoms with Crippen molar-refractivity contribution in [2.24, 2.45) is 0 Å². The highest BCUT2D eigenvalue weighted by atomic mass is 79.9. The maximum absolute atomic E-state index is 11.6. The zero-order chi connectivity index (χ0) is 14.1. The number of aromatic nitrogens is 3. The third kappa shape index (κ3) is 2.63. The monoisotopic (exact) mass is 337 g/mol. The highest BCUT2D eigenvalue weighted by molar-refractivity contribution is 9.10. The average Bonchev–Trinajstić information content (AvgIpc) is 2.98. The molecule has 0 bridgehead atoms. The quantitative estimate of drug-likeness (QED) is 0.925. The average molecular weight is 338 g/mol. The van der Waals surface area contributed by atoms with Crippen LogP contribution in [0, 0.1) is 0 Å². The zero-order valence-corrected chi connectivity index (χ0v) is 12.8. The standard InChI is InChI=1S/C13H16BrN5O/c1-9(8-18-5-2-3-12(18)20)16-11-4-6-19-13(17-11)10(14)7-15-19/h4,6-7,9H,2-3,5,8H2,1H3,(H,16,17). The Kier molecular flexibility index (Phi) is 3.60. The fourth-order valence-electron chi connectivity index (χ4n) is 2.45. The van der Waals surface area contributed by atoms with Gasteiger partial charge in [0.15, 0.2) is 5.65 Å². The van der Waals surface area contributed by atoms with Crippen molar-refractivity contribution in [2.75, 3.05) is 18.4 Å². The van der Waals surface area contributed by atoms with Crippen LogP contribution in [0.5, 0.6) is 0 Å². The third-order valence-corrected chi connectivity index (χ3v) is 3.95. The van der Waals surface area contributed by atoms with Crippen molar-refractivity contribution in [3.63, 3.8) is 0 Å². The van der Waals surface area contributed by atoms with Crippen LogP contribution in [-0.2, 0) is 4.79 Å². The lowest BCUT2D eigenvalue weighted by Gasteiger charge is -2.22. The van der Waals surface area contributed by atoms with Crippen molar-refractivity contribution in [3.05, 3.63) is 22.9 Å². The molecule has 2 aromatic heterocycles. The molecule has 1 N–H and O–H groups in total. The van der Waals surface area contributed by atoms with Gasteiger partial charge in [0, 0.05) is 31.7 Å². The Morgan fingerprint density at radius 1 is 1.55 bits per heavy atom. The molecule has 3 heterocycles. The summed E-state index contributed by atoms with van der Waals surface area (Å²) in [6.07, 6.45) is 5.24. The first kappa shape index (κ1) is 13.4. The highest BCUT2D eigenvalue weighted by Gasteiger charge is 2.21. The molecule has 1 fully saturated rings. The van der Waals surface area contributed by atoms with Gasteiger partial charge in [-0.2, -0.15) is 5.10 Å². The van der Waals surface area contributed by atoms with E-state index in [-0.39, 0.29) is 11.9 Å². The Morgan fingerprint density at radius 3 is 3.15 bits per heavy atom. The number of likely N-dealkylation sites (tertiary alicyclic amines) is 1. The van der Waals surface area contributed by atoms with E-state index in [4.69, 9.17) is 0 Å². The zero-order valence-electron chi connectivity index (χ0n) is 11.2. The second kappa shape index (κ2) is 5.40. The third-order valence-electron chi connectivity index (χ3n) is 3.39. The molecule has 7 heteroatoms. The molecule has 3 rings (SSSR count). The van der Waals surface area contributed by atoms with Gasteiger partial charge in [-0.15, -0.1) is 0 Å². The van der Waals surface area contributed by atoms with E-state index in [9.17, 15) is 4.79 Å². The highest BCUT2D eigenvalue weighted by Crippen LogP contribution is 2.17. The van der Waals surface area contributed by atoms with Gasteiger partial charge in [0.25, 0.3) is 0 Å². The van der Waals surface area contributed by atoms with Gasteiger partial charge in [0.05, 0.1) is 10.7 Å². The predicted molar refractivity (Wildman–Crippen MR) is 79.6 cm³/mol. The molecule has 1 amide bonds. The Balaban J connectivity index is 1.68. The van der Waals surface area contributed by atoms with E-state index in [2.05, 4.69) is 38.3 Å². The Labute approximate surface area is 125 Å². The minimum atomic E-state index is 0.161. The van der Waals surface area contributed by atoms with Crippen molar-refractivity contribution >= 4 is 33.3 Å². The molecule has 1 atom stereocenters. The molecular formula is C13H16BrN5O. The number of rotatable bonds is 4. The summed E-state index contributed by atoms with van der Waals surface area (Å²) >= 11 is 3.42. The maximum atomic E-state index is 11.6. The molecule has 0 aromatic carbocycles. The van der Waals surface area contributed by atoms with Gasteiger partial charge in [0.1, 0.15) is 5.82 Å². The molecule has 106 valence electrons. The van der Waals surface area contributed by atoms with Crippen molar-refractivity contribution in [1.29, 1.82) is 0 Å². The number of carbonyl (C=O) groups excluding carboxylic acids is 1. The van der Waals surface area contributed by atoms with Gasteiger partial charge in [-0.25, -0.2) is 9.50 Å². The molecule has 2 aromatic rings. The number of nitrogens with zero attached hydrogens (tertiary/aromatic N) is 4. The van der Waals surface area contributed by atoms with Crippen molar-refractivity contribution in [2.45, 2.75) is 25.8 Å². The molecule has 20 heavy (non-hydrogen) atoms. The van der Waals surface area contributed by atoms with Crippen LogP contribution >= 0.6 is 15.9 Å². The van der Waals surface area contributed by atoms with E-state index in [1.165, 1.54) is 0 Å². The Morgan fingerprint density at radius 2 is 2.40 bits per heavy atom. The van der Waals surface area contributed by atoms with Gasteiger partial charge >= 0.3 is 0 Å². The van der Waals surface area contributed by atoms with E-state index < -0.39 is 0 Å². The first-order valence-electron chi connectivity index (χ1n) is 6.67. The first-order chi connectivity index (χ1) is 9.63. The molecule has 0 saturated carbocycles. The molecule has 1 aliphatic rings. The summed E-state index contributed by atoms with van der Waals surface area (Å²) in [6, 6.07) is 2.04. The maximum Gasteiger partial charge on any atom is 0.222 e. The number of amides is 1.